The third-order valence-electron chi connectivity index (χ3n) is 4.88. The van der Waals surface area contributed by atoms with Gasteiger partial charge >= 0.3 is 5.97 Å². The summed E-state index contributed by atoms with van der Waals surface area (Å²) in [4.78, 5) is 38.6. The Hall–Kier alpha value is -2.13. The normalized spacial score (nSPS) is 21.6. The van der Waals surface area contributed by atoms with Crippen molar-refractivity contribution in [3.63, 3.8) is 0 Å². The van der Waals surface area contributed by atoms with Crippen molar-refractivity contribution in [2.75, 3.05) is 32.9 Å². The molecule has 1 aromatic carbocycles. The van der Waals surface area contributed by atoms with Crippen LogP contribution in [0.15, 0.2) is 22.7 Å². The van der Waals surface area contributed by atoms with Crippen molar-refractivity contribution in [1.29, 1.82) is 0 Å². The maximum Gasteiger partial charge on any atom is 0.308 e. The Kier molecular flexibility index (Phi) is 7.49. The number of hydrogen-bond donors (Lipinski definition) is 1. The minimum absolute atomic E-state index is 0.0960. The van der Waals surface area contributed by atoms with Crippen LogP contribution in [-0.2, 0) is 19.1 Å². The number of benzene rings is 1. The number of carbonyl (C=O) groups is 3. The third-order valence-corrected chi connectivity index (χ3v) is 5.50. The van der Waals surface area contributed by atoms with Crippen molar-refractivity contribution in [2.45, 2.75) is 38.3 Å². The van der Waals surface area contributed by atoms with E-state index in [0.29, 0.717) is 35.5 Å². The second kappa shape index (κ2) is 10.1. The van der Waals surface area contributed by atoms with Crippen LogP contribution in [-0.4, -0.2) is 67.7 Å². The van der Waals surface area contributed by atoms with E-state index in [4.69, 9.17) is 14.2 Å². The van der Waals surface area contributed by atoms with Crippen molar-refractivity contribution in [2.24, 2.45) is 0 Å². The molecule has 2 aliphatic heterocycles. The van der Waals surface area contributed by atoms with Gasteiger partial charge in [0.1, 0.15) is 18.4 Å². The van der Waals surface area contributed by atoms with Gasteiger partial charge in [0.15, 0.2) is 0 Å². The first-order valence-corrected chi connectivity index (χ1v) is 10.6. The summed E-state index contributed by atoms with van der Waals surface area (Å²) in [6.45, 7) is 3.80. The summed E-state index contributed by atoms with van der Waals surface area (Å²) in [7, 11) is 0. The van der Waals surface area contributed by atoms with Crippen LogP contribution in [0.3, 0.4) is 0 Å². The lowest BCUT2D eigenvalue weighted by Gasteiger charge is -2.34. The molecule has 2 unspecified atom stereocenters. The fraction of sp³-hybridized carbons (Fsp3) is 0.550. The summed E-state index contributed by atoms with van der Waals surface area (Å²) in [6.07, 6.45) is 1.94. The molecular formula is C20H25BrN2O6. The van der Waals surface area contributed by atoms with Gasteiger partial charge in [0.2, 0.25) is 5.91 Å². The van der Waals surface area contributed by atoms with Gasteiger partial charge in [-0.25, -0.2) is 0 Å². The number of hydrogen-bond acceptors (Lipinski definition) is 6. The van der Waals surface area contributed by atoms with E-state index in [1.165, 1.54) is 4.90 Å². The van der Waals surface area contributed by atoms with E-state index < -0.39 is 12.0 Å². The topological polar surface area (TPSA) is 94.2 Å². The monoisotopic (exact) mass is 468 g/mol. The highest BCUT2D eigenvalue weighted by atomic mass is 79.9. The van der Waals surface area contributed by atoms with Gasteiger partial charge in [-0.3, -0.25) is 14.4 Å². The van der Waals surface area contributed by atoms with E-state index >= 15 is 0 Å². The lowest BCUT2D eigenvalue weighted by molar-refractivity contribution is -0.147. The standard InChI is InChI=1S/C20H25BrN2O6/c1-2-27-18(24)11-16-19(25)22-7-8-23(16)20(26)13-5-6-17(15(21)10-13)29-12-14-4-3-9-28-14/h5-6,10,14,16H,2-4,7-9,11-12H2,1H3,(H,22,25). The fourth-order valence-electron chi connectivity index (χ4n) is 3.41. The van der Waals surface area contributed by atoms with Crippen LogP contribution in [0.25, 0.3) is 0 Å². The Balaban J connectivity index is 1.69. The van der Waals surface area contributed by atoms with Gasteiger partial charge < -0.3 is 24.4 Å². The average molecular weight is 469 g/mol. The van der Waals surface area contributed by atoms with E-state index in [0.717, 1.165) is 19.4 Å². The van der Waals surface area contributed by atoms with Crippen molar-refractivity contribution in [3.05, 3.63) is 28.2 Å². The van der Waals surface area contributed by atoms with E-state index in [1.54, 1.807) is 25.1 Å². The zero-order valence-electron chi connectivity index (χ0n) is 16.3. The number of halogens is 1. The van der Waals surface area contributed by atoms with Gasteiger partial charge in [-0.05, 0) is 53.9 Å². The first kappa shape index (κ1) is 21.6. The number of nitrogens with zero attached hydrogens (tertiary/aromatic N) is 1. The van der Waals surface area contributed by atoms with Crippen molar-refractivity contribution < 1.29 is 28.6 Å². The molecule has 2 heterocycles. The third kappa shape index (κ3) is 5.48. The number of amides is 2. The Morgan fingerprint density at radius 3 is 2.90 bits per heavy atom. The summed E-state index contributed by atoms with van der Waals surface area (Å²) in [5.74, 6) is -0.559. The van der Waals surface area contributed by atoms with Gasteiger partial charge in [-0.15, -0.1) is 0 Å². The molecule has 3 rings (SSSR count). The number of piperazine rings is 1. The van der Waals surface area contributed by atoms with Crippen LogP contribution in [0.5, 0.6) is 5.75 Å². The molecular weight excluding hydrogens is 444 g/mol. The first-order chi connectivity index (χ1) is 14.0. The van der Waals surface area contributed by atoms with Crippen molar-refractivity contribution in [1.82, 2.24) is 10.2 Å². The van der Waals surface area contributed by atoms with Gasteiger partial charge in [-0.2, -0.15) is 0 Å². The number of ether oxygens (including phenoxy) is 3. The average Bonchev–Trinajstić information content (AvgIpc) is 3.22. The summed E-state index contributed by atoms with van der Waals surface area (Å²) in [5.41, 5.74) is 0.407. The zero-order chi connectivity index (χ0) is 20.8. The molecule has 0 radical (unpaired) electrons. The highest BCUT2D eigenvalue weighted by molar-refractivity contribution is 9.10. The molecule has 2 saturated heterocycles. The Morgan fingerprint density at radius 1 is 1.38 bits per heavy atom. The summed E-state index contributed by atoms with van der Waals surface area (Å²) < 4.78 is 16.9. The molecule has 1 aromatic rings. The first-order valence-electron chi connectivity index (χ1n) is 9.78. The summed E-state index contributed by atoms with van der Waals surface area (Å²) in [5, 5.41) is 2.70. The Morgan fingerprint density at radius 2 is 2.21 bits per heavy atom. The fourth-order valence-corrected chi connectivity index (χ4v) is 3.91. The molecule has 2 fully saturated rings. The minimum Gasteiger partial charge on any atom is -0.490 e. The molecule has 0 aliphatic carbocycles. The molecule has 0 spiro atoms. The number of carbonyl (C=O) groups excluding carboxylic acids is 3. The van der Waals surface area contributed by atoms with Crippen LogP contribution in [0, 0.1) is 0 Å². The van der Waals surface area contributed by atoms with E-state index in [-0.39, 0.29) is 30.9 Å². The molecule has 0 bridgehead atoms. The Labute approximate surface area is 178 Å². The number of nitrogens with one attached hydrogen (secondary N) is 1. The van der Waals surface area contributed by atoms with Crippen LogP contribution in [0.4, 0.5) is 0 Å². The van der Waals surface area contributed by atoms with Crippen LogP contribution in [0.2, 0.25) is 0 Å². The maximum absolute atomic E-state index is 13.0. The van der Waals surface area contributed by atoms with E-state index in [2.05, 4.69) is 21.2 Å². The number of rotatable bonds is 7. The number of esters is 1. The highest BCUT2D eigenvalue weighted by Crippen LogP contribution is 2.28. The minimum atomic E-state index is -0.885. The molecule has 0 aromatic heterocycles. The highest BCUT2D eigenvalue weighted by Gasteiger charge is 2.35. The zero-order valence-corrected chi connectivity index (χ0v) is 17.9. The quantitative estimate of drug-likeness (QED) is 0.614. The van der Waals surface area contributed by atoms with Gasteiger partial charge in [0.05, 0.1) is 23.6 Å². The largest absolute Gasteiger partial charge is 0.490 e. The molecule has 29 heavy (non-hydrogen) atoms. The SMILES string of the molecule is CCOC(=O)CC1C(=O)NCCN1C(=O)c1ccc(OCC2CCCO2)c(Br)c1. The smallest absolute Gasteiger partial charge is 0.308 e. The second-order valence-corrected chi connectivity index (χ2v) is 7.76. The molecule has 2 aliphatic rings. The second-order valence-electron chi connectivity index (χ2n) is 6.91. The van der Waals surface area contributed by atoms with E-state index in [9.17, 15) is 14.4 Å². The van der Waals surface area contributed by atoms with Crippen molar-refractivity contribution >= 4 is 33.7 Å². The van der Waals surface area contributed by atoms with Crippen LogP contribution >= 0.6 is 15.9 Å². The molecule has 0 saturated carbocycles. The summed E-state index contributed by atoms with van der Waals surface area (Å²) in [6, 6.07) is 4.16. The Bertz CT molecular complexity index is 765. The predicted molar refractivity (Wildman–Crippen MR) is 108 cm³/mol. The molecule has 8 nitrogen and oxygen atoms in total. The molecule has 2 amide bonds. The van der Waals surface area contributed by atoms with Gasteiger partial charge in [0.25, 0.3) is 5.91 Å². The lowest BCUT2D eigenvalue weighted by atomic mass is 10.1. The van der Waals surface area contributed by atoms with Gasteiger partial charge in [0, 0.05) is 25.3 Å². The maximum atomic E-state index is 13.0. The van der Waals surface area contributed by atoms with Gasteiger partial charge in [-0.1, -0.05) is 0 Å². The molecule has 1 N–H and O–H groups in total. The van der Waals surface area contributed by atoms with E-state index in [1.807, 2.05) is 0 Å². The molecule has 9 heteroatoms. The van der Waals surface area contributed by atoms with Crippen LogP contribution < -0.4 is 10.1 Å². The van der Waals surface area contributed by atoms with Crippen molar-refractivity contribution in [3.8, 4) is 5.75 Å². The predicted octanol–water partition coefficient (Wildman–Crippen LogP) is 1.90. The molecule has 2 atom stereocenters. The lowest BCUT2D eigenvalue weighted by Crippen LogP contribution is -2.57. The van der Waals surface area contributed by atoms with Crippen LogP contribution in [0.1, 0.15) is 36.5 Å². The molecule has 158 valence electrons. The summed E-state index contributed by atoms with van der Waals surface area (Å²) >= 11 is 3.45.